The highest BCUT2D eigenvalue weighted by atomic mass is 16.2. The van der Waals surface area contributed by atoms with Crippen LogP contribution in [0.4, 0.5) is 0 Å². The van der Waals surface area contributed by atoms with Gasteiger partial charge in [-0.15, -0.1) is 0 Å². The van der Waals surface area contributed by atoms with Crippen LogP contribution in [0.2, 0.25) is 0 Å². The zero-order valence-electron chi connectivity index (χ0n) is 8.23. The van der Waals surface area contributed by atoms with Gasteiger partial charge in [0.05, 0.1) is 0 Å². The largest absolute Gasteiger partial charge is 0.337 e. The predicted molar refractivity (Wildman–Crippen MR) is 54.5 cm³/mol. The maximum absolute atomic E-state index is 11.2. The van der Waals surface area contributed by atoms with E-state index in [0.29, 0.717) is 13.1 Å². The molecule has 0 unspecified atom stereocenters. The Morgan fingerprint density at radius 3 is 2.93 bits per heavy atom. The molecule has 1 aliphatic rings. The minimum absolute atomic E-state index is 0.0381. The van der Waals surface area contributed by atoms with E-state index in [0.717, 1.165) is 0 Å². The molecule has 0 aliphatic carbocycles. The van der Waals surface area contributed by atoms with Gasteiger partial charge in [0.1, 0.15) is 0 Å². The van der Waals surface area contributed by atoms with E-state index in [4.69, 9.17) is 5.73 Å². The van der Waals surface area contributed by atoms with Crippen molar-refractivity contribution >= 4 is 5.91 Å². The monoisotopic (exact) mass is 190 g/mol. The van der Waals surface area contributed by atoms with Crippen molar-refractivity contribution in [1.29, 1.82) is 0 Å². The van der Waals surface area contributed by atoms with Gasteiger partial charge in [-0.3, -0.25) is 4.79 Å². The van der Waals surface area contributed by atoms with E-state index in [1.165, 1.54) is 11.1 Å². The molecule has 1 heterocycles. The van der Waals surface area contributed by atoms with Crippen LogP contribution in [0.25, 0.3) is 0 Å². The van der Waals surface area contributed by atoms with Crippen molar-refractivity contribution in [3.05, 3.63) is 35.4 Å². The number of hydrogen-bond acceptors (Lipinski definition) is 2. The van der Waals surface area contributed by atoms with Gasteiger partial charge >= 0.3 is 0 Å². The Hall–Kier alpha value is -1.35. The third-order valence-corrected chi connectivity index (χ3v) is 2.68. The quantitative estimate of drug-likeness (QED) is 0.664. The smallest absolute Gasteiger partial charge is 0.219 e. The van der Waals surface area contributed by atoms with Gasteiger partial charge in [-0.05, 0) is 11.1 Å². The molecule has 0 fully saturated rings. The Morgan fingerprint density at radius 2 is 2.21 bits per heavy atom. The van der Waals surface area contributed by atoms with Crippen molar-refractivity contribution < 1.29 is 4.79 Å². The molecular formula is C11H14N2O. The van der Waals surface area contributed by atoms with Gasteiger partial charge in [0.15, 0.2) is 0 Å². The average molecular weight is 190 g/mol. The number of benzene rings is 1. The number of nitrogens with two attached hydrogens (primary N) is 1. The summed E-state index contributed by atoms with van der Waals surface area (Å²) in [5, 5.41) is 0. The minimum Gasteiger partial charge on any atom is -0.337 e. The van der Waals surface area contributed by atoms with Gasteiger partial charge in [0.25, 0.3) is 0 Å². The first kappa shape index (κ1) is 9.21. The predicted octanol–water partition coefficient (Wildman–Crippen LogP) is 1.05. The summed E-state index contributed by atoms with van der Waals surface area (Å²) in [7, 11) is 0. The van der Waals surface area contributed by atoms with Crippen LogP contribution in [-0.4, -0.2) is 17.4 Å². The van der Waals surface area contributed by atoms with Crippen molar-refractivity contribution in [3.63, 3.8) is 0 Å². The zero-order chi connectivity index (χ0) is 10.1. The molecule has 3 nitrogen and oxygen atoms in total. The summed E-state index contributed by atoms with van der Waals surface area (Å²) in [6.07, 6.45) is 0. The summed E-state index contributed by atoms with van der Waals surface area (Å²) < 4.78 is 0. The van der Waals surface area contributed by atoms with E-state index < -0.39 is 0 Å². The van der Waals surface area contributed by atoms with Gasteiger partial charge < -0.3 is 10.6 Å². The summed E-state index contributed by atoms with van der Waals surface area (Å²) in [6.45, 7) is 2.91. The van der Waals surface area contributed by atoms with E-state index in [1.807, 2.05) is 24.3 Å². The van der Waals surface area contributed by atoms with Crippen molar-refractivity contribution in [2.75, 3.05) is 6.54 Å². The highest BCUT2D eigenvalue weighted by Gasteiger charge is 2.23. The average Bonchev–Trinajstić information content (AvgIpc) is 2.17. The summed E-state index contributed by atoms with van der Waals surface area (Å²) >= 11 is 0. The molecule has 2 rings (SSSR count). The Kier molecular flexibility index (Phi) is 2.25. The standard InChI is InChI=1S/C11H14N2O/c1-8(14)13-6-9-4-2-3-5-10(9)11(12)7-13/h2-5,11H,6-7,12H2,1H3/t11-/m1/s1. The van der Waals surface area contributed by atoms with Crippen molar-refractivity contribution in [2.24, 2.45) is 5.73 Å². The van der Waals surface area contributed by atoms with Crippen LogP contribution in [-0.2, 0) is 11.3 Å². The van der Waals surface area contributed by atoms with E-state index >= 15 is 0 Å². The molecule has 0 saturated heterocycles. The molecule has 1 amide bonds. The highest BCUT2D eigenvalue weighted by molar-refractivity contribution is 5.73. The van der Waals surface area contributed by atoms with Crippen molar-refractivity contribution in [3.8, 4) is 0 Å². The van der Waals surface area contributed by atoms with Crippen LogP contribution in [0.15, 0.2) is 24.3 Å². The lowest BCUT2D eigenvalue weighted by Gasteiger charge is -2.32. The molecule has 1 aliphatic heterocycles. The van der Waals surface area contributed by atoms with Crippen molar-refractivity contribution in [2.45, 2.75) is 19.5 Å². The van der Waals surface area contributed by atoms with E-state index in [9.17, 15) is 4.79 Å². The third kappa shape index (κ3) is 1.51. The Morgan fingerprint density at radius 1 is 1.50 bits per heavy atom. The fraction of sp³-hybridized carbons (Fsp3) is 0.364. The van der Waals surface area contributed by atoms with Gasteiger partial charge in [-0.1, -0.05) is 24.3 Å². The van der Waals surface area contributed by atoms with E-state index in [2.05, 4.69) is 0 Å². The molecule has 0 spiro atoms. The van der Waals surface area contributed by atoms with E-state index in [-0.39, 0.29) is 11.9 Å². The molecule has 1 aromatic carbocycles. The molecule has 1 atom stereocenters. The fourth-order valence-corrected chi connectivity index (χ4v) is 1.89. The summed E-state index contributed by atoms with van der Waals surface area (Å²) in [5.41, 5.74) is 8.32. The second-order valence-corrected chi connectivity index (χ2v) is 3.70. The van der Waals surface area contributed by atoms with Crippen LogP contribution < -0.4 is 5.73 Å². The SMILES string of the molecule is CC(=O)N1Cc2ccccc2[C@H](N)C1. The molecule has 1 aromatic rings. The molecule has 0 radical (unpaired) electrons. The van der Waals surface area contributed by atoms with Crippen LogP contribution in [0.3, 0.4) is 0 Å². The van der Waals surface area contributed by atoms with Gasteiger partial charge in [-0.2, -0.15) is 0 Å². The van der Waals surface area contributed by atoms with Crippen LogP contribution >= 0.6 is 0 Å². The number of amides is 1. The number of fused-ring (bicyclic) bond motifs is 1. The first-order valence-corrected chi connectivity index (χ1v) is 4.77. The molecule has 14 heavy (non-hydrogen) atoms. The van der Waals surface area contributed by atoms with Gasteiger partial charge in [-0.25, -0.2) is 0 Å². The molecular weight excluding hydrogens is 176 g/mol. The first-order valence-electron chi connectivity index (χ1n) is 4.77. The zero-order valence-corrected chi connectivity index (χ0v) is 8.23. The minimum atomic E-state index is -0.0381. The summed E-state index contributed by atoms with van der Waals surface area (Å²) in [6, 6.07) is 8.00. The van der Waals surface area contributed by atoms with E-state index in [1.54, 1.807) is 11.8 Å². The second kappa shape index (κ2) is 3.42. The van der Waals surface area contributed by atoms with Gasteiger partial charge in [0, 0.05) is 26.1 Å². The second-order valence-electron chi connectivity index (χ2n) is 3.70. The number of carbonyl (C=O) groups excluding carboxylic acids is 1. The Labute approximate surface area is 83.5 Å². The number of rotatable bonds is 0. The maximum atomic E-state index is 11.2. The molecule has 0 bridgehead atoms. The fourth-order valence-electron chi connectivity index (χ4n) is 1.89. The molecule has 74 valence electrons. The number of hydrogen-bond donors (Lipinski definition) is 1. The Balaban J connectivity index is 2.33. The first-order chi connectivity index (χ1) is 6.68. The Bertz CT molecular complexity index is 362. The lowest BCUT2D eigenvalue weighted by molar-refractivity contribution is -0.130. The lowest BCUT2D eigenvalue weighted by Crippen LogP contribution is -2.39. The van der Waals surface area contributed by atoms with Crippen molar-refractivity contribution in [1.82, 2.24) is 4.90 Å². The van der Waals surface area contributed by atoms with Crippen LogP contribution in [0.1, 0.15) is 24.1 Å². The van der Waals surface area contributed by atoms with Gasteiger partial charge in [0.2, 0.25) is 5.91 Å². The highest BCUT2D eigenvalue weighted by Crippen LogP contribution is 2.24. The molecule has 3 heteroatoms. The molecule has 0 aromatic heterocycles. The summed E-state index contributed by atoms with van der Waals surface area (Å²) in [5.74, 6) is 0.0925. The summed E-state index contributed by atoms with van der Waals surface area (Å²) in [4.78, 5) is 13.0. The number of nitrogens with zero attached hydrogens (tertiary/aromatic N) is 1. The van der Waals surface area contributed by atoms with Crippen LogP contribution in [0, 0.1) is 0 Å². The molecule has 2 N–H and O–H groups in total. The van der Waals surface area contributed by atoms with Crippen LogP contribution in [0.5, 0.6) is 0 Å². The molecule has 0 saturated carbocycles. The number of carbonyl (C=O) groups is 1. The normalized spacial score (nSPS) is 20.4. The third-order valence-electron chi connectivity index (χ3n) is 2.68. The maximum Gasteiger partial charge on any atom is 0.219 e. The topological polar surface area (TPSA) is 46.3 Å². The lowest BCUT2D eigenvalue weighted by atomic mass is 9.96.